The van der Waals surface area contributed by atoms with Gasteiger partial charge in [-0.05, 0) is 18.9 Å². The third kappa shape index (κ3) is 9.98. The highest BCUT2D eigenvalue weighted by molar-refractivity contribution is 5.78. The van der Waals surface area contributed by atoms with E-state index in [4.69, 9.17) is 0 Å². The second-order valence-corrected chi connectivity index (χ2v) is 7.71. The van der Waals surface area contributed by atoms with E-state index < -0.39 is 0 Å². The van der Waals surface area contributed by atoms with Crippen LogP contribution in [0.1, 0.15) is 66.2 Å². The quantitative estimate of drug-likeness (QED) is 0.593. The highest BCUT2D eigenvalue weighted by atomic mass is 16.2. The minimum Gasteiger partial charge on any atom is -0.339 e. The molecule has 4 nitrogen and oxygen atoms in total. The van der Waals surface area contributed by atoms with Crippen LogP contribution >= 0.6 is 0 Å². The maximum Gasteiger partial charge on any atom is 0.236 e. The van der Waals surface area contributed by atoms with Crippen molar-refractivity contribution in [2.75, 3.05) is 39.3 Å². The summed E-state index contributed by atoms with van der Waals surface area (Å²) in [6.45, 7) is 14.3. The summed E-state index contributed by atoms with van der Waals surface area (Å²) in [6.07, 6.45) is 8.21. The van der Waals surface area contributed by atoms with Crippen LogP contribution in [-0.2, 0) is 4.79 Å². The molecule has 0 saturated carbocycles. The zero-order chi connectivity index (χ0) is 17.1. The number of nitrogens with zero attached hydrogens (tertiary/aromatic N) is 2. The molecule has 0 radical (unpaired) electrons. The first-order valence-electron chi connectivity index (χ1n) is 9.72. The molecule has 0 aromatic heterocycles. The molecular weight excluding hydrogens is 286 g/mol. The van der Waals surface area contributed by atoms with E-state index in [1.165, 1.54) is 45.1 Å². The van der Waals surface area contributed by atoms with Gasteiger partial charge in [0.2, 0.25) is 5.91 Å². The summed E-state index contributed by atoms with van der Waals surface area (Å²) in [4.78, 5) is 16.6. The number of amides is 1. The first-order valence-corrected chi connectivity index (χ1v) is 9.72. The lowest BCUT2D eigenvalue weighted by atomic mass is 10.0. The van der Waals surface area contributed by atoms with Gasteiger partial charge < -0.3 is 10.2 Å². The van der Waals surface area contributed by atoms with Gasteiger partial charge in [-0.25, -0.2) is 0 Å². The molecular formula is C19H39N3O. The van der Waals surface area contributed by atoms with Crippen LogP contribution in [0, 0.1) is 5.92 Å². The highest BCUT2D eigenvalue weighted by Crippen LogP contribution is 2.11. The van der Waals surface area contributed by atoms with E-state index in [1.807, 2.05) is 4.90 Å². The Labute approximate surface area is 144 Å². The van der Waals surface area contributed by atoms with Crippen LogP contribution in [0.4, 0.5) is 0 Å². The van der Waals surface area contributed by atoms with Crippen LogP contribution in [0.3, 0.4) is 0 Å². The average molecular weight is 326 g/mol. The fourth-order valence-electron chi connectivity index (χ4n) is 3.04. The van der Waals surface area contributed by atoms with Gasteiger partial charge in [-0.3, -0.25) is 9.69 Å². The Morgan fingerprint density at radius 2 is 1.52 bits per heavy atom. The molecule has 1 N–H and O–H groups in total. The zero-order valence-electron chi connectivity index (χ0n) is 15.9. The monoisotopic (exact) mass is 325 g/mol. The second-order valence-electron chi connectivity index (χ2n) is 7.71. The lowest BCUT2D eigenvalue weighted by Gasteiger charge is -2.35. The lowest BCUT2D eigenvalue weighted by molar-refractivity contribution is -0.132. The van der Waals surface area contributed by atoms with Gasteiger partial charge in [0.05, 0.1) is 6.54 Å². The number of hydrogen-bond donors (Lipinski definition) is 1. The molecule has 1 saturated heterocycles. The van der Waals surface area contributed by atoms with E-state index in [-0.39, 0.29) is 5.91 Å². The van der Waals surface area contributed by atoms with Gasteiger partial charge in [0.1, 0.15) is 0 Å². The number of carbonyl (C=O) groups is 1. The summed E-state index contributed by atoms with van der Waals surface area (Å²) in [7, 11) is 0. The number of unbranched alkanes of at least 4 members (excludes halogenated alkanes) is 4. The predicted molar refractivity (Wildman–Crippen MR) is 98.7 cm³/mol. The van der Waals surface area contributed by atoms with E-state index >= 15 is 0 Å². The van der Waals surface area contributed by atoms with Crippen molar-refractivity contribution in [1.29, 1.82) is 0 Å². The first kappa shape index (κ1) is 20.4. The molecule has 0 spiro atoms. The van der Waals surface area contributed by atoms with Crippen molar-refractivity contribution in [3.8, 4) is 0 Å². The summed E-state index contributed by atoms with van der Waals surface area (Å²) in [5.74, 6) is 1.10. The molecule has 1 heterocycles. The number of nitrogens with one attached hydrogen (secondary N) is 1. The molecule has 0 bridgehead atoms. The summed E-state index contributed by atoms with van der Waals surface area (Å²) in [5.41, 5.74) is 0. The SMILES string of the molecule is CC(C)CCCCCCCN1CCN(C(=O)CNC(C)C)CC1. The van der Waals surface area contributed by atoms with E-state index in [9.17, 15) is 4.79 Å². The van der Waals surface area contributed by atoms with Crippen molar-refractivity contribution in [2.45, 2.75) is 72.3 Å². The fraction of sp³-hybridized carbons (Fsp3) is 0.947. The number of carbonyl (C=O) groups excluding carboxylic acids is 1. The van der Waals surface area contributed by atoms with Crippen molar-refractivity contribution in [3.05, 3.63) is 0 Å². The highest BCUT2D eigenvalue weighted by Gasteiger charge is 2.20. The van der Waals surface area contributed by atoms with E-state index in [0.717, 1.165) is 32.1 Å². The molecule has 0 atom stereocenters. The van der Waals surface area contributed by atoms with Gasteiger partial charge in [-0.2, -0.15) is 0 Å². The van der Waals surface area contributed by atoms with Crippen molar-refractivity contribution < 1.29 is 4.79 Å². The third-order valence-corrected chi connectivity index (χ3v) is 4.64. The van der Waals surface area contributed by atoms with Crippen molar-refractivity contribution in [2.24, 2.45) is 5.92 Å². The molecule has 1 rings (SSSR count). The first-order chi connectivity index (χ1) is 11.0. The molecule has 23 heavy (non-hydrogen) atoms. The van der Waals surface area contributed by atoms with Gasteiger partial charge in [-0.1, -0.05) is 59.8 Å². The second kappa shape index (κ2) is 11.9. The maximum atomic E-state index is 12.1. The van der Waals surface area contributed by atoms with Crippen LogP contribution in [0.5, 0.6) is 0 Å². The average Bonchev–Trinajstić information content (AvgIpc) is 2.52. The standard InChI is InChI=1S/C19H39N3O/c1-17(2)10-8-6-5-7-9-11-21-12-14-22(15-13-21)19(23)16-20-18(3)4/h17-18,20H,5-16H2,1-4H3. The van der Waals surface area contributed by atoms with Crippen LogP contribution in [-0.4, -0.2) is 61.0 Å². The summed E-state index contributed by atoms with van der Waals surface area (Å²) in [6, 6.07) is 0.376. The topological polar surface area (TPSA) is 35.6 Å². The molecule has 136 valence electrons. The Kier molecular flexibility index (Phi) is 10.5. The molecule has 4 heteroatoms. The molecule has 1 aliphatic heterocycles. The predicted octanol–water partition coefficient (Wildman–Crippen LogP) is 3.13. The van der Waals surface area contributed by atoms with Crippen LogP contribution in [0.2, 0.25) is 0 Å². The Balaban J connectivity index is 2.00. The largest absolute Gasteiger partial charge is 0.339 e. The number of rotatable bonds is 11. The van der Waals surface area contributed by atoms with E-state index in [0.29, 0.717) is 12.6 Å². The van der Waals surface area contributed by atoms with Gasteiger partial charge >= 0.3 is 0 Å². The number of hydrogen-bond acceptors (Lipinski definition) is 3. The smallest absolute Gasteiger partial charge is 0.236 e. The molecule has 0 unspecified atom stereocenters. The minimum absolute atomic E-state index is 0.253. The minimum atomic E-state index is 0.253. The van der Waals surface area contributed by atoms with Crippen molar-refractivity contribution in [3.63, 3.8) is 0 Å². The molecule has 0 aromatic carbocycles. The van der Waals surface area contributed by atoms with Crippen LogP contribution in [0.25, 0.3) is 0 Å². The summed E-state index contributed by atoms with van der Waals surface area (Å²) >= 11 is 0. The number of piperazine rings is 1. The van der Waals surface area contributed by atoms with Crippen molar-refractivity contribution in [1.82, 2.24) is 15.1 Å². The maximum absolute atomic E-state index is 12.1. The zero-order valence-corrected chi connectivity index (χ0v) is 15.9. The Bertz CT molecular complexity index is 310. The Morgan fingerprint density at radius 1 is 0.913 bits per heavy atom. The summed E-state index contributed by atoms with van der Waals surface area (Å²) in [5, 5.41) is 3.21. The van der Waals surface area contributed by atoms with Gasteiger partial charge in [0.15, 0.2) is 0 Å². The summed E-state index contributed by atoms with van der Waals surface area (Å²) < 4.78 is 0. The van der Waals surface area contributed by atoms with Crippen molar-refractivity contribution >= 4 is 5.91 Å². The Hall–Kier alpha value is -0.610. The third-order valence-electron chi connectivity index (χ3n) is 4.64. The molecule has 1 aliphatic rings. The lowest BCUT2D eigenvalue weighted by Crippen LogP contribution is -2.51. The molecule has 1 amide bonds. The normalized spacial score (nSPS) is 16.5. The van der Waals surface area contributed by atoms with Crippen LogP contribution in [0.15, 0.2) is 0 Å². The molecule has 1 fully saturated rings. The molecule has 0 aliphatic carbocycles. The molecule has 0 aromatic rings. The van der Waals surface area contributed by atoms with Gasteiger partial charge in [-0.15, -0.1) is 0 Å². The Morgan fingerprint density at radius 3 is 2.13 bits per heavy atom. The van der Waals surface area contributed by atoms with Gasteiger partial charge in [0, 0.05) is 32.2 Å². The van der Waals surface area contributed by atoms with Gasteiger partial charge in [0.25, 0.3) is 0 Å². The fourth-order valence-corrected chi connectivity index (χ4v) is 3.04. The van der Waals surface area contributed by atoms with E-state index in [2.05, 4.69) is 37.9 Å². The van der Waals surface area contributed by atoms with Crippen LogP contribution < -0.4 is 5.32 Å². The van der Waals surface area contributed by atoms with E-state index in [1.54, 1.807) is 0 Å².